The molecule has 13 heavy (non-hydrogen) atoms. The van der Waals surface area contributed by atoms with E-state index in [0.717, 1.165) is 5.82 Å². The van der Waals surface area contributed by atoms with Gasteiger partial charge in [-0.25, -0.2) is 9.67 Å². The standard InChI is InChI=1S/C8H9N5/c1-9-7-5-10-6-8(12-7)13-4-2-3-11-13/h2-6H,1H3,(H,9,12). The van der Waals surface area contributed by atoms with Crippen molar-refractivity contribution < 1.29 is 0 Å². The largest absolute Gasteiger partial charge is 0.372 e. The van der Waals surface area contributed by atoms with E-state index in [0.29, 0.717) is 5.82 Å². The zero-order valence-corrected chi connectivity index (χ0v) is 7.18. The van der Waals surface area contributed by atoms with Crippen LogP contribution in [0.3, 0.4) is 0 Å². The third kappa shape index (κ3) is 1.48. The maximum Gasteiger partial charge on any atom is 0.173 e. The molecule has 2 aromatic rings. The Labute approximate surface area is 75.4 Å². The van der Waals surface area contributed by atoms with E-state index in [9.17, 15) is 0 Å². The molecule has 0 aliphatic heterocycles. The van der Waals surface area contributed by atoms with Crippen molar-refractivity contribution in [1.29, 1.82) is 0 Å². The third-order valence-corrected chi connectivity index (χ3v) is 1.62. The van der Waals surface area contributed by atoms with Crippen molar-refractivity contribution in [1.82, 2.24) is 19.7 Å². The lowest BCUT2D eigenvalue weighted by Crippen LogP contribution is -2.01. The average Bonchev–Trinajstić information content (AvgIpc) is 2.71. The van der Waals surface area contributed by atoms with E-state index in [1.165, 1.54) is 0 Å². The van der Waals surface area contributed by atoms with Crippen LogP contribution in [0, 0.1) is 0 Å². The first-order valence-electron chi connectivity index (χ1n) is 3.90. The van der Waals surface area contributed by atoms with Crippen molar-refractivity contribution in [3.05, 3.63) is 30.9 Å². The van der Waals surface area contributed by atoms with Crippen molar-refractivity contribution in [2.45, 2.75) is 0 Å². The molecule has 0 aliphatic rings. The second-order valence-corrected chi connectivity index (χ2v) is 2.46. The highest BCUT2D eigenvalue weighted by molar-refractivity contribution is 5.34. The monoisotopic (exact) mass is 175 g/mol. The van der Waals surface area contributed by atoms with Gasteiger partial charge in [0.2, 0.25) is 0 Å². The minimum atomic E-state index is 0.705. The van der Waals surface area contributed by atoms with Crippen LogP contribution in [0.1, 0.15) is 0 Å². The summed E-state index contributed by atoms with van der Waals surface area (Å²) in [7, 11) is 1.80. The van der Waals surface area contributed by atoms with Gasteiger partial charge in [-0.3, -0.25) is 4.98 Å². The summed E-state index contributed by atoms with van der Waals surface area (Å²) in [4.78, 5) is 8.29. The molecule has 5 heteroatoms. The lowest BCUT2D eigenvalue weighted by Gasteiger charge is -2.01. The smallest absolute Gasteiger partial charge is 0.173 e. The SMILES string of the molecule is CNc1cncc(-n2cccn2)n1. The van der Waals surface area contributed by atoms with Crippen LogP contribution in [0.15, 0.2) is 30.9 Å². The molecule has 0 spiro atoms. The molecule has 0 amide bonds. The van der Waals surface area contributed by atoms with E-state index in [2.05, 4.69) is 20.4 Å². The first kappa shape index (κ1) is 7.72. The summed E-state index contributed by atoms with van der Waals surface area (Å²) in [5.74, 6) is 1.44. The van der Waals surface area contributed by atoms with Crippen LogP contribution in [0.25, 0.3) is 5.82 Å². The van der Waals surface area contributed by atoms with Crippen molar-refractivity contribution in [3.8, 4) is 5.82 Å². The highest BCUT2D eigenvalue weighted by Crippen LogP contribution is 2.04. The van der Waals surface area contributed by atoms with E-state index in [1.54, 1.807) is 30.3 Å². The Morgan fingerprint density at radius 3 is 3.00 bits per heavy atom. The molecule has 0 bridgehead atoms. The van der Waals surface area contributed by atoms with Gasteiger partial charge >= 0.3 is 0 Å². The minimum Gasteiger partial charge on any atom is -0.372 e. The van der Waals surface area contributed by atoms with Crippen LogP contribution >= 0.6 is 0 Å². The van der Waals surface area contributed by atoms with E-state index in [1.807, 2.05) is 12.3 Å². The molecule has 0 aliphatic carbocycles. The van der Waals surface area contributed by atoms with E-state index in [4.69, 9.17) is 0 Å². The normalized spacial score (nSPS) is 9.92. The zero-order chi connectivity index (χ0) is 9.10. The summed E-state index contributed by atoms with van der Waals surface area (Å²) in [6.07, 6.45) is 6.85. The molecule has 0 saturated carbocycles. The molecular formula is C8H9N5. The lowest BCUT2D eigenvalue weighted by atomic mass is 10.6. The zero-order valence-electron chi connectivity index (χ0n) is 7.18. The molecule has 2 rings (SSSR count). The molecule has 5 nitrogen and oxygen atoms in total. The molecular weight excluding hydrogens is 166 g/mol. The number of rotatable bonds is 2. The predicted octanol–water partition coefficient (Wildman–Crippen LogP) is 0.704. The number of hydrogen-bond acceptors (Lipinski definition) is 4. The molecule has 0 aromatic carbocycles. The fraction of sp³-hybridized carbons (Fsp3) is 0.125. The van der Waals surface area contributed by atoms with Crippen molar-refractivity contribution in [3.63, 3.8) is 0 Å². The van der Waals surface area contributed by atoms with Gasteiger partial charge in [-0.15, -0.1) is 0 Å². The second-order valence-electron chi connectivity index (χ2n) is 2.46. The number of nitrogens with zero attached hydrogens (tertiary/aromatic N) is 4. The summed E-state index contributed by atoms with van der Waals surface area (Å²) >= 11 is 0. The molecule has 0 saturated heterocycles. The Morgan fingerprint density at radius 1 is 1.38 bits per heavy atom. The average molecular weight is 175 g/mol. The molecule has 0 unspecified atom stereocenters. The summed E-state index contributed by atoms with van der Waals surface area (Å²) in [5.41, 5.74) is 0. The third-order valence-electron chi connectivity index (χ3n) is 1.62. The number of anilines is 1. The van der Waals surface area contributed by atoms with Gasteiger partial charge in [-0.1, -0.05) is 0 Å². The van der Waals surface area contributed by atoms with Crippen LogP contribution in [0.5, 0.6) is 0 Å². The Hall–Kier alpha value is -1.91. The molecule has 0 fully saturated rings. The Kier molecular flexibility index (Phi) is 1.91. The fourth-order valence-electron chi connectivity index (χ4n) is 0.991. The first-order valence-corrected chi connectivity index (χ1v) is 3.90. The Balaban J connectivity index is 2.41. The predicted molar refractivity (Wildman–Crippen MR) is 48.7 cm³/mol. The van der Waals surface area contributed by atoms with E-state index in [-0.39, 0.29) is 0 Å². The maximum atomic E-state index is 4.26. The molecule has 2 heterocycles. The van der Waals surface area contributed by atoms with Crippen LogP contribution in [-0.4, -0.2) is 26.8 Å². The maximum absolute atomic E-state index is 4.26. The number of aromatic nitrogens is 4. The van der Waals surface area contributed by atoms with Gasteiger partial charge in [0.1, 0.15) is 5.82 Å². The number of hydrogen-bond donors (Lipinski definition) is 1. The van der Waals surface area contributed by atoms with Gasteiger partial charge < -0.3 is 5.32 Å². The highest BCUT2D eigenvalue weighted by atomic mass is 15.3. The van der Waals surface area contributed by atoms with Gasteiger partial charge in [0, 0.05) is 19.4 Å². The molecule has 1 N–H and O–H groups in total. The highest BCUT2D eigenvalue weighted by Gasteiger charge is 1.98. The Morgan fingerprint density at radius 2 is 2.31 bits per heavy atom. The van der Waals surface area contributed by atoms with E-state index >= 15 is 0 Å². The summed E-state index contributed by atoms with van der Waals surface area (Å²) < 4.78 is 1.66. The van der Waals surface area contributed by atoms with Gasteiger partial charge in [-0.2, -0.15) is 5.10 Å². The van der Waals surface area contributed by atoms with Crippen molar-refractivity contribution >= 4 is 5.82 Å². The quantitative estimate of drug-likeness (QED) is 0.730. The van der Waals surface area contributed by atoms with Gasteiger partial charge in [0.05, 0.1) is 12.4 Å². The van der Waals surface area contributed by atoms with Crippen LogP contribution < -0.4 is 5.32 Å². The van der Waals surface area contributed by atoms with Gasteiger partial charge in [-0.05, 0) is 6.07 Å². The van der Waals surface area contributed by atoms with Crippen molar-refractivity contribution in [2.24, 2.45) is 0 Å². The van der Waals surface area contributed by atoms with E-state index < -0.39 is 0 Å². The molecule has 0 atom stereocenters. The van der Waals surface area contributed by atoms with Crippen molar-refractivity contribution in [2.75, 3.05) is 12.4 Å². The molecule has 2 aromatic heterocycles. The first-order chi connectivity index (χ1) is 6.40. The summed E-state index contributed by atoms with van der Waals surface area (Å²) in [6.45, 7) is 0. The minimum absolute atomic E-state index is 0.705. The fourth-order valence-corrected chi connectivity index (χ4v) is 0.991. The topological polar surface area (TPSA) is 55.6 Å². The summed E-state index contributed by atoms with van der Waals surface area (Å²) in [6, 6.07) is 1.84. The molecule has 66 valence electrons. The van der Waals surface area contributed by atoms with Crippen LogP contribution in [-0.2, 0) is 0 Å². The number of nitrogens with one attached hydrogen (secondary N) is 1. The summed E-state index contributed by atoms with van der Waals surface area (Å²) in [5, 5.41) is 6.96. The molecule has 0 radical (unpaired) electrons. The van der Waals surface area contributed by atoms with Gasteiger partial charge in [0.15, 0.2) is 5.82 Å². The van der Waals surface area contributed by atoms with Crippen LogP contribution in [0.4, 0.5) is 5.82 Å². The lowest BCUT2D eigenvalue weighted by molar-refractivity contribution is 0.839. The van der Waals surface area contributed by atoms with Crippen LogP contribution in [0.2, 0.25) is 0 Å². The Bertz CT molecular complexity index is 381. The van der Waals surface area contributed by atoms with Gasteiger partial charge in [0.25, 0.3) is 0 Å². The second kappa shape index (κ2) is 3.22.